The summed E-state index contributed by atoms with van der Waals surface area (Å²) >= 11 is 7.91. The number of carbonyl (C=O) groups excluding carboxylic acids is 1. The van der Waals surface area contributed by atoms with Crippen LogP contribution in [0.25, 0.3) is 32.8 Å². The van der Waals surface area contributed by atoms with E-state index >= 15 is 4.39 Å². The maximum atomic E-state index is 15.9. The fourth-order valence-corrected chi connectivity index (χ4v) is 6.58. The molecule has 34 heavy (non-hydrogen) atoms. The van der Waals surface area contributed by atoms with Gasteiger partial charge in [0.05, 0.1) is 5.02 Å². The van der Waals surface area contributed by atoms with E-state index in [1.54, 1.807) is 12.1 Å². The zero-order chi connectivity index (χ0) is 24.0. The second-order valence-electron chi connectivity index (χ2n) is 8.87. The number of phenols is 1. The van der Waals surface area contributed by atoms with Crippen LogP contribution in [0.4, 0.5) is 4.39 Å². The number of phenolic OH excluding ortho intramolecular Hbond substituents is 1. The van der Waals surface area contributed by atoms with E-state index in [0.29, 0.717) is 23.8 Å². The van der Waals surface area contributed by atoms with Gasteiger partial charge in [-0.15, -0.1) is 0 Å². The van der Waals surface area contributed by atoms with Gasteiger partial charge in [-0.3, -0.25) is 4.79 Å². The van der Waals surface area contributed by atoms with Crippen LogP contribution >= 0.6 is 23.1 Å². The van der Waals surface area contributed by atoms with Gasteiger partial charge >= 0.3 is 0 Å². The van der Waals surface area contributed by atoms with Crippen LogP contribution in [0, 0.1) is 17.7 Å². The number of benzene rings is 3. The minimum absolute atomic E-state index is 0.0316. The van der Waals surface area contributed by atoms with E-state index in [1.807, 2.05) is 24.3 Å². The highest BCUT2D eigenvalue weighted by atomic mass is 35.5. The number of fused-ring (bicyclic) bond motifs is 2. The van der Waals surface area contributed by atoms with E-state index in [2.05, 4.69) is 11.0 Å². The molecule has 0 amide bonds. The largest absolute Gasteiger partial charge is 0.508 e. The monoisotopic (exact) mass is 495 g/mol. The number of aromatic nitrogens is 1. The first-order chi connectivity index (χ1) is 16.4. The third-order valence-corrected chi connectivity index (χ3v) is 8.29. The van der Waals surface area contributed by atoms with E-state index in [1.165, 1.54) is 23.7 Å². The molecule has 4 nitrogen and oxygen atoms in total. The van der Waals surface area contributed by atoms with Crippen LogP contribution in [0.2, 0.25) is 5.02 Å². The molecule has 3 aromatic carbocycles. The minimum atomic E-state index is -0.519. The smallest absolute Gasteiger partial charge is 0.159 e. The van der Waals surface area contributed by atoms with Gasteiger partial charge in [-0.2, -0.15) is 4.37 Å². The van der Waals surface area contributed by atoms with Crippen molar-refractivity contribution in [2.45, 2.75) is 25.2 Å². The lowest BCUT2D eigenvalue weighted by Crippen LogP contribution is -2.31. The molecule has 0 radical (unpaired) electrons. The number of ketones is 1. The topological polar surface area (TPSA) is 70.4 Å². The Bertz CT molecular complexity index is 1430. The first-order valence-electron chi connectivity index (χ1n) is 11.2. The highest BCUT2D eigenvalue weighted by Crippen LogP contribution is 2.47. The fourth-order valence-electron chi connectivity index (χ4n) is 5.30. The second kappa shape index (κ2) is 9.10. The average Bonchev–Trinajstić information content (AvgIpc) is 3.27. The van der Waals surface area contributed by atoms with Crippen molar-refractivity contribution >= 4 is 50.6 Å². The number of hydrogen-bond donors (Lipinski definition) is 2. The highest BCUT2D eigenvalue weighted by molar-refractivity contribution is 7.07. The van der Waals surface area contributed by atoms with Crippen molar-refractivity contribution in [2.75, 3.05) is 6.61 Å². The standard InChI is InChI=1S/C27H23ClFNO3S/c1-2-23(33)19-8-7-15(9-16(19)13-31)27-21-12-22(28)24(25(29)26(21)30-34-27)20-11-17(32)10-14-5-3-4-6-18(14)20/h2-6,10-12,15-16,19,31-32H,1,7-9,13H2/t15?,16-,19?/m1/s1. The van der Waals surface area contributed by atoms with Crippen LogP contribution in [0.15, 0.2) is 55.1 Å². The number of carbonyl (C=O) groups is 1. The Labute approximate surface area is 205 Å². The van der Waals surface area contributed by atoms with Gasteiger partial charge in [0.25, 0.3) is 0 Å². The lowest BCUT2D eigenvalue weighted by atomic mass is 9.72. The zero-order valence-corrected chi connectivity index (χ0v) is 19.9. The molecule has 1 saturated carbocycles. The van der Waals surface area contributed by atoms with Crippen molar-refractivity contribution in [3.05, 3.63) is 70.8 Å². The summed E-state index contributed by atoms with van der Waals surface area (Å²) in [7, 11) is 0. The molecular weight excluding hydrogens is 473 g/mol. The zero-order valence-electron chi connectivity index (χ0n) is 18.3. The Morgan fingerprint density at radius 1 is 1.24 bits per heavy atom. The fraction of sp³-hybridized carbons (Fsp3) is 0.259. The number of halogens is 2. The van der Waals surface area contributed by atoms with Crippen molar-refractivity contribution in [3.63, 3.8) is 0 Å². The minimum Gasteiger partial charge on any atom is -0.508 e. The molecule has 1 aliphatic rings. The van der Waals surface area contributed by atoms with E-state index in [0.717, 1.165) is 22.1 Å². The molecule has 5 rings (SSSR count). The van der Waals surface area contributed by atoms with Gasteiger partial charge in [0.15, 0.2) is 11.6 Å². The summed E-state index contributed by atoms with van der Waals surface area (Å²) in [5.41, 5.74) is 0.974. The van der Waals surface area contributed by atoms with Gasteiger partial charge in [-0.25, -0.2) is 4.39 Å². The Morgan fingerprint density at radius 2 is 2.03 bits per heavy atom. The molecule has 0 spiro atoms. The molecule has 7 heteroatoms. The van der Waals surface area contributed by atoms with Crippen LogP contribution < -0.4 is 0 Å². The van der Waals surface area contributed by atoms with E-state index < -0.39 is 5.82 Å². The number of allylic oxidation sites excluding steroid dienone is 1. The first-order valence-corrected chi connectivity index (χ1v) is 12.3. The van der Waals surface area contributed by atoms with Crippen LogP contribution in [0.3, 0.4) is 0 Å². The lowest BCUT2D eigenvalue weighted by molar-refractivity contribution is -0.121. The number of rotatable bonds is 5. The van der Waals surface area contributed by atoms with Crippen molar-refractivity contribution < 1.29 is 19.4 Å². The average molecular weight is 496 g/mol. The number of nitrogens with zero attached hydrogens (tertiary/aromatic N) is 1. The first kappa shape index (κ1) is 23.0. The third kappa shape index (κ3) is 3.80. The van der Waals surface area contributed by atoms with Crippen molar-refractivity contribution in [1.82, 2.24) is 4.37 Å². The lowest BCUT2D eigenvalue weighted by Gasteiger charge is -2.33. The van der Waals surface area contributed by atoms with E-state index in [-0.39, 0.29) is 52.0 Å². The molecule has 1 fully saturated rings. The quantitative estimate of drug-likeness (QED) is 0.297. The molecule has 2 N–H and O–H groups in total. The van der Waals surface area contributed by atoms with Crippen molar-refractivity contribution in [3.8, 4) is 16.9 Å². The Morgan fingerprint density at radius 3 is 2.79 bits per heavy atom. The normalized spacial score (nSPS) is 20.6. The van der Waals surface area contributed by atoms with E-state index in [4.69, 9.17) is 11.6 Å². The molecule has 1 aliphatic carbocycles. The molecule has 0 aliphatic heterocycles. The molecule has 2 unspecified atom stereocenters. The maximum absolute atomic E-state index is 15.9. The van der Waals surface area contributed by atoms with Gasteiger partial charge in [0, 0.05) is 28.4 Å². The highest BCUT2D eigenvalue weighted by Gasteiger charge is 2.35. The number of aliphatic hydroxyl groups is 1. The molecule has 0 bridgehead atoms. The summed E-state index contributed by atoms with van der Waals surface area (Å²) in [6.07, 6.45) is 3.34. The van der Waals surface area contributed by atoms with Gasteiger partial charge in [0.1, 0.15) is 11.3 Å². The van der Waals surface area contributed by atoms with Gasteiger partial charge in [-0.05, 0) is 83.2 Å². The van der Waals surface area contributed by atoms with Gasteiger partial charge in [0.2, 0.25) is 0 Å². The summed E-state index contributed by atoms with van der Waals surface area (Å²) in [6, 6.07) is 12.4. The van der Waals surface area contributed by atoms with Crippen molar-refractivity contribution in [2.24, 2.45) is 11.8 Å². The Kier molecular flexibility index (Phi) is 6.15. The van der Waals surface area contributed by atoms with Gasteiger partial charge in [-0.1, -0.05) is 42.4 Å². The van der Waals surface area contributed by atoms with Crippen LogP contribution in [0.5, 0.6) is 5.75 Å². The van der Waals surface area contributed by atoms with Crippen molar-refractivity contribution in [1.29, 1.82) is 0 Å². The predicted octanol–water partition coefficient (Wildman–Crippen LogP) is 6.86. The number of aliphatic hydroxyl groups excluding tert-OH is 1. The maximum Gasteiger partial charge on any atom is 0.159 e. The van der Waals surface area contributed by atoms with E-state index in [9.17, 15) is 15.0 Å². The second-order valence-corrected chi connectivity index (χ2v) is 10.1. The molecular formula is C27H23ClFNO3S. The van der Waals surface area contributed by atoms with Crippen LogP contribution in [0.1, 0.15) is 30.1 Å². The summed E-state index contributed by atoms with van der Waals surface area (Å²) < 4.78 is 20.3. The number of hydrogen-bond acceptors (Lipinski definition) is 5. The molecule has 174 valence electrons. The SMILES string of the molecule is C=CC(=O)C1CCC(c2snc3c(F)c(-c4cc(O)cc5ccccc45)c(Cl)cc23)C[C@@H]1CO. The summed E-state index contributed by atoms with van der Waals surface area (Å²) in [5.74, 6) is -0.865. The summed E-state index contributed by atoms with van der Waals surface area (Å²) in [6.45, 7) is 3.50. The molecule has 1 aromatic heterocycles. The summed E-state index contributed by atoms with van der Waals surface area (Å²) in [4.78, 5) is 13.1. The third-order valence-electron chi connectivity index (χ3n) is 6.96. The Balaban J connectivity index is 1.59. The summed E-state index contributed by atoms with van der Waals surface area (Å²) in [5, 5.41) is 22.6. The predicted molar refractivity (Wildman–Crippen MR) is 135 cm³/mol. The van der Waals surface area contributed by atoms with Gasteiger partial charge < -0.3 is 10.2 Å². The molecule has 1 heterocycles. The molecule has 4 aromatic rings. The molecule has 3 atom stereocenters. The van der Waals surface area contributed by atoms with Crippen LogP contribution in [-0.2, 0) is 4.79 Å². The Hall–Kier alpha value is -2.80. The number of aromatic hydroxyl groups is 1. The van der Waals surface area contributed by atoms with Crippen LogP contribution in [-0.4, -0.2) is 27.0 Å². The molecule has 0 saturated heterocycles.